The van der Waals surface area contributed by atoms with Crippen LogP contribution >= 0.6 is 23.2 Å². The Bertz CT molecular complexity index is 831. The summed E-state index contributed by atoms with van der Waals surface area (Å²) in [5, 5.41) is 22.5. The molecule has 0 saturated heterocycles. The molecule has 2 aromatic heterocycles. The van der Waals surface area contributed by atoms with E-state index in [2.05, 4.69) is 22.2 Å². The Morgan fingerprint density at radius 2 is 2.00 bits per heavy atom. The highest BCUT2D eigenvalue weighted by atomic mass is 35.5. The monoisotopic (exact) mass is 350 g/mol. The van der Waals surface area contributed by atoms with E-state index in [1.165, 1.54) is 6.07 Å². The van der Waals surface area contributed by atoms with Gasteiger partial charge in [0.25, 0.3) is 0 Å². The fourth-order valence-corrected chi connectivity index (χ4v) is 3.13. The maximum Gasteiger partial charge on any atom is 0.128 e. The summed E-state index contributed by atoms with van der Waals surface area (Å²) in [7, 11) is 1.89. The summed E-state index contributed by atoms with van der Waals surface area (Å²) in [6.45, 7) is 2.12. The minimum Gasteiger partial charge on any atom is -0.507 e. The number of aromatic hydroxyl groups is 1. The fourth-order valence-electron chi connectivity index (χ4n) is 2.55. The Labute approximate surface area is 143 Å². The lowest BCUT2D eigenvalue weighted by atomic mass is 10.1. The normalized spacial score (nSPS) is 11.1. The van der Waals surface area contributed by atoms with Gasteiger partial charge in [-0.15, -0.1) is 0 Å². The van der Waals surface area contributed by atoms with Crippen LogP contribution in [0.5, 0.6) is 5.75 Å². The fraction of sp³-hybridized carbons (Fsp3) is 0.250. The van der Waals surface area contributed by atoms with Crippen LogP contribution in [0.15, 0.2) is 24.3 Å². The molecule has 3 aromatic rings. The SMILES string of the molecule is CCCc1cc(-c2cc(-c3c(O)cc(Cl)cc3Cl)n[nH]2)n(C)n1. The number of aryl methyl sites for hydroxylation is 2. The lowest BCUT2D eigenvalue weighted by molar-refractivity contribution is 0.477. The number of hydrogen-bond donors (Lipinski definition) is 2. The topological polar surface area (TPSA) is 66.7 Å². The number of aromatic nitrogens is 4. The van der Waals surface area contributed by atoms with E-state index < -0.39 is 0 Å². The first-order valence-electron chi connectivity index (χ1n) is 7.26. The molecule has 3 rings (SSSR count). The van der Waals surface area contributed by atoms with Crippen molar-refractivity contribution in [3.05, 3.63) is 40.0 Å². The Morgan fingerprint density at radius 3 is 2.70 bits per heavy atom. The van der Waals surface area contributed by atoms with Crippen LogP contribution in [-0.4, -0.2) is 25.1 Å². The van der Waals surface area contributed by atoms with Crippen LogP contribution in [0.25, 0.3) is 22.6 Å². The van der Waals surface area contributed by atoms with E-state index in [0.29, 0.717) is 21.3 Å². The molecular weight excluding hydrogens is 335 g/mol. The molecule has 0 aliphatic heterocycles. The first kappa shape index (κ1) is 15.9. The van der Waals surface area contributed by atoms with Gasteiger partial charge in [-0.2, -0.15) is 10.2 Å². The van der Waals surface area contributed by atoms with Crippen molar-refractivity contribution in [2.75, 3.05) is 0 Å². The second-order valence-electron chi connectivity index (χ2n) is 5.34. The molecule has 0 saturated carbocycles. The number of aromatic amines is 1. The third-order valence-corrected chi connectivity index (χ3v) is 4.10. The summed E-state index contributed by atoms with van der Waals surface area (Å²) < 4.78 is 1.81. The van der Waals surface area contributed by atoms with Crippen molar-refractivity contribution >= 4 is 23.2 Å². The second kappa shape index (κ2) is 6.26. The van der Waals surface area contributed by atoms with Crippen molar-refractivity contribution in [3.63, 3.8) is 0 Å². The first-order valence-corrected chi connectivity index (χ1v) is 8.02. The minimum atomic E-state index is -0.00257. The number of benzene rings is 1. The quantitative estimate of drug-likeness (QED) is 0.730. The molecule has 0 bridgehead atoms. The summed E-state index contributed by atoms with van der Waals surface area (Å²) in [5.74, 6) is -0.00257. The van der Waals surface area contributed by atoms with Gasteiger partial charge in [-0.1, -0.05) is 36.5 Å². The van der Waals surface area contributed by atoms with Crippen molar-refractivity contribution in [3.8, 4) is 28.4 Å². The zero-order valence-corrected chi connectivity index (χ0v) is 14.3. The third-order valence-electron chi connectivity index (χ3n) is 3.58. The van der Waals surface area contributed by atoms with Crippen LogP contribution in [0.1, 0.15) is 19.0 Å². The van der Waals surface area contributed by atoms with E-state index in [9.17, 15) is 5.11 Å². The largest absolute Gasteiger partial charge is 0.507 e. The number of H-pyrrole nitrogens is 1. The molecular formula is C16H16Cl2N4O. The Balaban J connectivity index is 2.01. The van der Waals surface area contributed by atoms with Crippen LogP contribution in [0, 0.1) is 0 Å². The number of halogens is 2. The highest BCUT2D eigenvalue weighted by Crippen LogP contribution is 2.38. The van der Waals surface area contributed by atoms with Gasteiger partial charge in [0, 0.05) is 12.1 Å². The zero-order valence-electron chi connectivity index (χ0n) is 12.8. The predicted octanol–water partition coefficient (Wildman–Crippen LogP) is 4.44. The lowest BCUT2D eigenvalue weighted by Crippen LogP contribution is -1.94. The number of hydrogen-bond acceptors (Lipinski definition) is 3. The highest BCUT2D eigenvalue weighted by molar-refractivity contribution is 6.36. The molecule has 1 aromatic carbocycles. The third kappa shape index (κ3) is 3.07. The van der Waals surface area contributed by atoms with Gasteiger partial charge in [-0.3, -0.25) is 9.78 Å². The molecule has 0 spiro atoms. The molecule has 2 N–H and O–H groups in total. The van der Waals surface area contributed by atoms with Gasteiger partial charge < -0.3 is 5.11 Å². The van der Waals surface area contributed by atoms with Gasteiger partial charge in [0.15, 0.2) is 0 Å². The van der Waals surface area contributed by atoms with Gasteiger partial charge in [-0.25, -0.2) is 0 Å². The van der Waals surface area contributed by atoms with E-state index in [4.69, 9.17) is 23.2 Å². The maximum absolute atomic E-state index is 10.1. The smallest absolute Gasteiger partial charge is 0.128 e. The van der Waals surface area contributed by atoms with E-state index >= 15 is 0 Å². The number of nitrogens with one attached hydrogen (secondary N) is 1. The van der Waals surface area contributed by atoms with E-state index in [0.717, 1.165) is 29.9 Å². The zero-order chi connectivity index (χ0) is 16.6. The molecule has 7 heteroatoms. The molecule has 2 heterocycles. The van der Waals surface area contributed by atoms with Gasteiger partial charge in [-0.05, 0) is 30.7 Å². The van der Waals surface area contributed by atoms with E-state index in [1.54, 1.807) is 6.07 Å². The molecule has 0 amide bonds. The molecule has 120 valence electrons. The van der Waals surface area contributed by atoms with Crippen molar-refractivity contribution in [1.29, 1.82) is 0 Å². The number of rotatable bonds is 4. The van der Waals surface area contributed by atoms with E-state index in [-0.39, 0.29) is 5.75 Å². The van der Waals surface area contributed by atoms with Crippen LogP contribution in [0.3, 0.4) is 0 Å². The van der Waals surface area contributed by atoms with Crippen LogP contribution in [-0.2, 0) is 13.5 Å². The van der Waals surface area contributed by atoms with Crippen molar-refractivity contribution in [2.24, 2.45) is 7.05 Å². The molecule has 0 aliphatic rings. The van der Waals surface area contributed by atoms with Gasteiger partial charge >= 0.3 is 0 Å². The summed E-state index contributed by atoms with van der Waals surface area (Å²) in [6.07, 6.45) is 1.97. The summed E-state index contributed by atoms with van der Waals surface area (Å²) in [4.78, 5) is 0. The molecule has 0 aliphatic carbocycles. The summed E-state index contributed by atoms with van der Waals surface area (Å²) in [6, 6.07) is 6.89. The molecule has 0 radical (unpaired) electrons. The van der Waals surface area contributed by atoms with Crippen LogP contribution < -0.4 is 0 Å². The molecule has 0 fully saturated rings. The van der Waals surface area contributed by atoms with Crippen molar-refractivity contribution < 1.29 is 5.11 Å². The second-order valence-corrected chi connectivity index (χ2v) is 6.19. The Kier molecular flexibility index (Phi) is 4.33. The number of phenolic OH excluding ortho intramolecular Hbond substituents is 1. The summed E-state index contributed by atoms with van der Waals surface area (Å²) in [5.41, 5.74) is 3.78. The average Bonchev–Trinajstić information content (AvgIpc) is 3.05. The highest BCUT2D eigenvalue weighted by Gasteiger charge is 2.16. The number of phenols is 1. The number of nitrogens with zero attached hydrogens (tertiary/aromatic N) is 3. The maximum atomic E-state index is 10.1. The summed E-state index contributed by atoms with van der Waals surface area (Å²) >= 11 is 12.1. The average molecular weight is 351 g/mol. The Hall–Kier alpha value is -1.98. The molecule has 23 heavy (non-hydrogen) atoms. The van der Waals surface area contributed by atoms with E-state index in [1.807, 2.05) is 23.9 Å². The molecule has 5 nitrogen and oxygen atoms in total. The van der Waals surface area contributed by atoms with Gasteiger partial charge in [0.05, 0.1) is 33.4 Å². The molecule has 0 atom stereocenters. The van der Waals surface area contributed by atoms with Gasteiger partial charge in [0.1, 0.15) is 5.75 Å². The van der Waals surface area contributed by atoms with Crippen LogP contribution in [0.2, 0.25) is 10.0 Å². The van der Waals surface area contributed by atoms with Crippen molar-refractivity contribution in [1.82, 2.24) is 20.0 Å². The van der Waals surface area contributed by atoms with Gasteiger partial charge in [0.2, 0.25) is 0 Å². The molecule has 0 unspecified atom stereocenters. The van der Waals surface area contributed by atoms with Crippen molar-refractivity contribution in [2.45, 2.75) is 19.8 Å². The minimum absolute atomic E-state index is 0.00257. The standard InChI is InChI=1S/C16H16Cl2N4O/c1-3-4-10-7-14(22(2)21-10)12-8-13(20-19-12)16-11(18)5-9(17)6-15(16)23/h5-8,23H,3-4H2,1-2H3,(H,19,20). The predicted molar refractivity (Wildman–Crippen MR) is 91.9 cm³/mol. The van der Waals surface area contributed by atoms with Crippen LogP contribution in [0.4, 0.5) is 0 Å². The lowest BCUT2D eigenvalue weighted by Gasteiger charge is -2.04. The Morgan fingerprint density at radius 1 is 1.22 bits per heavy atom. The first-order chi connectivity index (χ1) is 11.0.